The number of nitrogens with one attached hydrogen (secondary N) is 1. The summed E-state index contributed by atoms with van der Waals surface area (Å²) < 4.78 is 0.991. The van der Waals surface area contributed by atoms with Crippen LogP contribution < -0.4 is 5.32 Å². The lowest BCUT2D eigenvalue weighted by molar-refractivity contribution is 1.08. The molecule has 1 aromatic carbocycles. The molecule has 0 saturated heterocycles. The van der Waals surface area contributed by atoms with Crippen molar-refractivity contribution in [3.05, 3.63) is 64.5 Å². The van der Waals surface area contributed by atoms with E-state index in [9.17, 15) is 0 Å². The van der Waals surface area contributed by atoms with Gasteiger partial charge in [-0.05, 0) is 52.2 Å². The van der Waals surface area contributed by atoms with Gasteiger partial charge in [-0.1, -0.05) is 12.1 Å². The van der Waals surface area contributed by atoms with Crippen LogP contribution in [-0.4, -0.2) is 9.97 Å². The molecule has 100 valence electrons. The van der Waals surface area contributed by atoms with E-state index in [1.165, 1.54) is 11.1 Å². The minimum absolute atomic E-state index is 0.747. The van der Waals surface area contributed by atoms with E-state index in [-0.39, 0.29) is 0 Å². The van der Waals surface area contributed by atoms with Crippen LogP contribution >= 0.6 is 15.9 Å². The van der Waals surface area contributed by atoms with Crippen molar-refractivity contribution in [2.45, 2.75) is 13.5 Å². The van der Waals surface area contributed by atoms with Gasteiger partial charge in [0.15, 0.2) is 0 Å². The van der Waals surface area contributed by atoms with Gasteiger partial charge < -0.3 is 5.32 Å². The zero-order valence-electron chi connectivity index (χ0n) is 11.1. The van der Waals surface area contributed by atoms with Crippen LogP contribution in [-0.2, 0) is 6.54 Å². The Hall–Kier alpha value is -1.94. The third kappa shape index (κ3) is 2.65. The van der Waals surface area contributed by atoms with Gasteiger partial charge >= 0.3 is 0 Å². The number of benzene rings is 1. The molecule has 0 radical (unpaired) electrons. The number of hydrogen-bond donors (Lipinski definition) is 1. The van der Waals surface area contributed by atoms with Gasteiger partial charge in [-0.3, -0.25) is 9.97 Å². The minimum Gasteiger partial charge on any atom is -0.379 e. The molecule has 0 saturated carbocycles. The Labute approximate surface area is 126 Å². The summed E-state index contributed by atoms with van der Waals surface area (Å²) in [5, 5.41) is 4.56. The van der Waals surface area contributed by atoms with Crippen molar-refractivity contribution in [3.63, 3.8) is 0 Å². The van der Waals surface area contributed by atoms with Crippen molar-refractivity contribution >= 4 is 32.5 Å². The Balaban J connectivity index is 1.90. The first-order chi connectivity index (χ1) is 9.74. The Kier molecular flexibility index (Phi) is 3.65. The Bertz CT molecular complexity index is 756. The van der Waals surface area contributed by atoms with Gasteiger partial charge in [0.2, 0.25) is 0 Å². The predicted molar refractivity (Wildman–Crippen MR) is 85.7 cm³/mol. The summed E-state index contributed by atoms with van der Waals surface area (Å²) in [5.74, 6) is 0. The molecule has 20 heavy (non-hydrogen) atoms. The first-order valence-electron chi connectivity index (χ1n) is 6.42. The summed E-state index contributed by atoms with van der Waals surface area (Å²) >= 11 is 3.45. The zero-order chi connectivity index (χ0) is 13.9. The van der Waals surface area contributed by atoms with Gasteiger partial charge in [-0.2, -0.15) is 0 Å². The smallest absolute Gasteiger partial charge is 0.0934 e. The first kappa shape index (κ1) is 13.1. The van der Waals surface area contributed by atoms with Crippen LogP contribution in [0, 0.1) is 6.92 Å². The van der Waals surface area contributed by atoms with E-state index in [1.807, 2.05) is 30.7 Å². The SMILES string of the molecule is Cc1ccncc1CNc1cccc2cc(Br)cnc12. The molecule has 3 rings (SSSR count). The summed E-state index contributed by atoms with van der Waals surface area (Å²) in [6.45, 7) is 2.84. The van der Waals surface area contributed by atoms with Crippen LogP contribution in [0.25, 0.3) is 10.9 Å². The molecule has 0 spiro atoms. The lowest BCUT2D eigenvalue weighted by atomic mass is 10.1. The first-order valence-corrected chi connectivity index (χ1v) is 7.21. The lowest BCUT2D eigenvalue weighted by Gasteiger charge is -2.10. The number of hydrogen-bond acceptors (Lipinski definition) is 3. The quantitative estimate of drug-likeness (QED) is 0.778. The van der Waals surface area contributed by atoms with Gasteiger partial charge in [-0.15, -0.1) is 0 Å². The molecular formula is C16H14BrN3. The van der Waals surface area contributed by atoms with Gasteiger partial charge in [-0.25, -0.2) is 0 Å². The summed E-state index contributed by atoms with van der Waals surface area (Å²) in [6, 6.07) is 10.2. The maximum Gasteiger partial charge on any atom is 0.0934 e. The second-order valence-electron chi connectivity index (χ2n) is 4.69. The third-order valence-corrected chi connectivity index (χ3v) is 3.73. The van der Waals surface area contributed by atoms with Crippen molar-refractivity contribution in [1.29, 1.82) is 0 Å². The molecule has 0 aliphatic heterocycles. The molecule has 4 heteroatoms. The fourth-order valence-electron chi connectivity index (χ4n) is 2.15. The molecule has 0 amide bonds. The highest BCUT2D eigenvalue weighted by atomic mass is 79.9. The molecule has 0 aliphatic carbocycles. The molecule has 0 aliphatic rings. The molecule has 3 nitrogen and oxygen atoms in total. The summed E-state index contributed by atoms with van der Waals surface area (Å²) in [7, 11) is 0. The molecule has 1 N–H and O–H groups in total. The van der Waals surface area contributed by atoms with E-state index in [1.54, 1.807) is 0 Å². The zero-order valence-corrected chi connectivity index (χ0v) is 12.7. The van der Waals surface area contributed by atoms with E-state index in [4.69, 9.17) is 0 Å². The second-order valence-corrected chi connectivity index (χ2v) is 5.60. The van der Waals surface area contributed by atoms with Crippen LogP contribution in [0.1, 0.15) is 11.1 Å². The van der Waals surface area contributed by atoms with E-state index in [0.29, 0.717) is 0 Å². The van der Waals surface area contributed by atoms with Crippen LogP contribution in [0.2, 0.25) is 0 Å². The Morgan fingerprint density at radius 2 is 2.10 bits per heavy atom. The highest BCUT2D eigenvalue weighted by Gasteiger charge is 2.04. The number of halogens is 1. The van der Waals surface area contributed by atoms with Crippen molar-refractivity contribution in [2.24, 2.45) is 0 Å². The molecule has 2 aromatic heterocycles. The molecule has 3 aromatic rings. The number of fused-ring (bicyclic) bond motifs is 1. The fourth-order valence-corrected chi connectivity index (χ4v) is 2.50. The molecule has 0 bridgehead atoms. The van der Waals surface area contributed by atoms with E-state index in [2.05, 4.69) is 56.3 Å². The Morgan fingerprint density at radius 3 is 2.95 bits per heavy atom. The molecule has 0 atom stereocenters. The lowest BCUT2D eigenvalue weighted by Crippen LogP contribution is -2.02. The van der Waals surface area contributed by atoms with E-state index >= 15 is 0 Å². The minimum atomic E-state index is 0.747. The Morgan fingerprint density at radius 1 is 1.20 bits per heavy atom. The number of para-hydroxylation sites is 1. The number of anilines is 1. The summed E-state index contributed by atoms with van der Waals surface area (Å²) in [4.78, 5) is 8.66. The van der Waals surface area contributed by atoms with Gasteiger partial charge in [0, 0.05) is 35.0 Å². The second kappa shape index (κ2) is 5.59. The van der Waals surface area contributed by atoms with Crippen molar-refractivity contribution in [3.8, 4) is 0 Å². The average Bonchev–Trinajstić information content (AvgIpc) is 2.46. The largest absolute Gasteiger partial charge is 0.379 e. The average molecular weight is 328 g/mol. The molecule has 0 fully saturated rings. The maximum absolute atomic E-state index is 4.49. The standard InChI is InChI=1S/C16H14BrN3/c1-11-5-6-18-8-13(11)9-19-15-4-2-3-12-7-14(17)10-20-16(12)15/h2-8,10,19H,9H2,1H3. The highest BCUT2D eigenvalue weighted by Crippen LogP contribution is 2.24. The normalized spacial score (nSPS) is 10.7. The van der Waals surface area contributed by atoms with Gasteiger partial charge in [0.05, 0.1) is 11.2 Å². The van der Waals surface area contributed by atoms with E-state index < -0.39 is 0 Å². The third-order valence-electron chi connectivity index (χ3n) is 3.29. The number of aromatic nitrogens is 2. The van der Waals surface area contributed by atoms with E-state index in [0.717, 1.165) is 27.6 Å². The van der Waals surface area contributed by atoms with Crippen LogP contribution in [0.3, 0.4) is 0 Å². The van der Waals surface area contributed by atoms with Crippen LogP contribution in [0.15, 0.2) is 53.4 Å². The maximum atomic E-state index is 4.49. The number of pyridine rings is 2. The number of nitrogens with zero attached hydrogens (tertiary/aromatic N) is 2. The molecule has 2 heterocycles. The summed E-state index contributed by atoms with van der Waals surface area (Å²) in [5.41, 5.74) is 4.46. The predicted octanol–water partition coefficient (Wildman–Crippen LogP) is 4.31. The topological polar surface area (TPSA) is 37.8 Å². The summed E-state index contributed by atoms with van der Waals surface area (Å²) in [6.07, 6.45) is 5.54. The highest BCUT2D eigenvalue weighted by molar-refractivity contribution is 9.10. The van der Waals surface area contributed by atoms with Crippen LogP contribution in [0.4, 0.5) is 5.69 Å². The number of aryl methyl sites for hydroxylation is 1. The number of rotatable bonds is 3. The van der Waals surface area contributed by atoms with Crippen molar-refractivity contribution < 1.29 is 0 Å². The van der Waals surface area contributed by atoms with Gasteiger partial charge in [0.1, 0.15) is 0 Å². The van der Waals surface area contributed by atoms with Crippen LogP contribution in [0.5, 0.6) is 0 Å². The van der Waals surface area contributed by atoms with Gasteiger partial charge in [0.25, 0.3) is 0 Å². The van der Waals surface area contributed by atoms with Crippen molar-refractivity contribution in [2.75, 3.05) is 5.32 Å². The molecule has 0 unspecified atom stereocenters. The molecular weight excluding hydrogens is 314 g/mol. The monoisotopic (exact) mass is 327 g/mol. The van der Waals surface area contributed by atoms with Crippen molar-refractivity contribution in [1.82, 2.24) is 9.97 Å². The fraction of sp³-hybridized carbons (Fsp3) is 0.125.